The molecule has 0 radical (unpaired) electrons. The van der Waals surface area contributed by atoms with Crippen LogP contribution in [0.25, 0.3) is 0 Å². The Morgan fingerprint density at radius 3 is 2.59 bits per heavy atom. The van der Waals surface area contributed by atoms with Crippen molar-refractivity contribution in [2.24, 2.45) is 0 Å². The number of anilines is 1. The van der Waals surface area contributed by atoms with Crippen LogP contribution in [0, 0.1) is 0 Å². The lowest BCUT2D eigenvalue weighted by Crippen LogP contribution is -2.27. The Hall–Kier alpha value is -1.84. The lowest BCUT2D eigenvalue weighted by Gasteiger charge is -2.11. The molecule has 2 rings (SSSR count). The van der Waals surface area contributed by atoms with Crippen molar-refractivity contribution in [3.63, 3.8) is 0 Å². The van der Waals surface area contributed by atoms with Gasteiger partial charge < -0.3 is 14.8 Å². The van der Waals surface area contributed by atoms with Crippen LogP contribution in [0.15, 0.2) is 47.4 Å². The number of amides is 1. The molecular formula is C17H18Cl2N2O5S. The third-order valence-corrected chi connectivity index (χ3v) is 5.27. The number of nitrogens with one attached hydrogen (secondary N) is 2. The van der Waals surface area contributed by atoms with Gasteiger partial charge in [-0.25, -0.2) is 13.1 Å². The average molecular weight is 433 g/mol. The molecule has 0 aromatic heterocycles. The summed E-state index contributed by atoms with van der Waals surface area (Å²) in [5.41, 5.74) is 0.533. The van der Waals surface area contributed by atoms with Crippen LogP contribution < -0.4 is 14.8 Å². The maximum atomic E-state index is 12.1. The van der Waals surface area contributed by atoms with Gasteiger partial charge in [0.25, 0.3) is 5.91 Å². The summed E-state index contributed by atoms with van der Waals surface area (Å²) in [7, 11) is -2.24. The summed E-state index contributed by atoms with van der Waals surface area (Å²) < 4.78 is 36.8. The van der Waals surface area contributed by atoms with E-state index in [-0.39, 0.29) is 35.4 Å². The van der Waals surface area contributed by atoms with Crippen LogP contribution in [-0.2, 0) is 19.6 Å². The summed E-state index contributed by atoms with van der Waals surface area (Å²) in [4.78, 5) is 11.9. The van der Waals surface area contributed by atoms with Gasteiger partial charge >= 0.3 is 0 Å². The summed E-state index contributed by atoms with van der Waals surface area (Å²) in [5, 5.41) is 3.19. The number of rotatable bonds is 9. The zero-order valence-corrected chi connectivity index (χ0v) is 16.7. The summed E-state index contributed by atoms with van der Waals surface area (Å²) >= 11 is 11.9. The zero-order valence-electron chi connectivity index (χ0n) is 14.4. The van der Waals surface area contributed by atoms with Crippen LogP contribution in [0.1, 0.15) is 0 Å². The number of carbonyl (C=O) groups is 1. The molecule has 0 saturated carbocycles. The van der Waals surface area contributed by atoms with Gasteiger partial charge in [-0.05, 0) is 36.4 Å². The molecule has 27 heavy (non-hydrogen) atoms. The first-order valence-corrected chi connectivity index (χ1v) is 10.0. The van der Waals surface area contributed by atoms with Crippen molar-refractivity contribution in [2.45, 2.75) is 4.90 Å². The van der Waals surface area contributed by atoms with Crippen molar-refractivity contribution in [1.82, 2.24) is 4.72 Å². The smallest absolute Gasteiger partial charge is 0.262 e. The van der Waals surface area contributed by atoms with Crippen molar-refractivity contribution in [1.29, 1.82) is 0 Å². The van der Waals surface area contributed by atoms with Crippen molar-refractivity contribution >= 4 is 44.8 Å². The van der Waals surface area contributed by atoms with E-state index in [4.69, 9.17) is 32.7 Å². The Morgan fingerprint density at radius 2 is 1.93 bits per heavy atom. The van der Waals surface area contributed by atoms with Gasteiger partial charge in [0.15, 0.2) is 6.61 Å². The second-order valence-corrected chi connectivity index (χ2v) is 7.94. The molecule has 0 aliphatic rings. The Morgan fingerprint density at radius 1 is 1.15 bits per heavy atom. The summed E-state index contributed by atoms with van der Waals surface area (Å²) in [5.74, 6) is -0.222. The highest BCUT2D eigenvalue weighted by Crippen LogP contribution is 2.27. The van der Waals surface area contributed by atoms with E-state index in [1.807, 2.05) is 0 Å². The number of sulfonamides is 1. The van der Waals surface area contributed by atoms with Crippen molar-refractivity contribution in [3.05, 3.63) is 52.5 Å². The Bertz CT molecular complexity index is 906. The molecule has 0 saturated heterocycles. The lowest BCUT2D eigenvalue weighted by molar-refractivity contribution is -0.118. The van der Waals surface area contributed by atoms with Gasteiger partial charge in [0.2, 0.25) is 10.0 Å². The predicted octanol–water partition coefficient (Wildman–Crippen LogP) is 2.94. The highest BCUT2D eigenvalue weighted by atomic mass is 35.5. The van der Waals surface area contributed by atoms with Crippen LogP contribution in [0.4, 0.5) is 5.69 Å². The van der Waals surface area contributed by atoms with Crippen molar-refractivity contribution in [3.8, 4) is 5.75 Å². The normalized spacial score (nSPS) is 11.2. The number of methoxy groups -OCH3 is 1. The van der Waals surface area contributed by atoms with E-state index < -0.39 is 15.9 Å². The van der Waals surface area contributed by atoms with E-state index in [0.29, 0.717) is 10.7 Å². The van der Waals surface area contributed by atoms with Crippen LogP contribution in [0.5, 0.6) is 5.75 Å². The van der Waals surface area contributed by atoms with Gasteiger partial charge in [0, 0.05) is 24.4 Å². The molecule has 146 valence electrons. The summed E-state index contributed by atoms with van der Waals surface area (Å²) in [6.07, 6.45) is 0. The van der Waals surface area contributed by atoms with Crippen LogP contribution >= 0.6 is 23.2 Å². The lowest BCUT2D eigenvalue weighted by atomic mass is 10.3. The second kappa shape index (κ2) is 9.91. The van der Waals surface area contributed by atoms with E-state index in [1.54, 1.807) is 24.3 Å². The number of hydrogen-bond donors (Lipinski definition) is 2. The quantitative estimate of drug-likeness (QED) is 0.594. The first kappa shape index (κ1) is 21.5. The Labute approximate surface area is 167 Å². The van der Waals surface area contributed by atoms with Crippen LogP contribution in [-0.4, -0.2) is 41.2 Å². The van der Waals surface area contributed by atoms with Gasteiger partial charge in [-0.2, -0.15) is 0 Å². The molecule has 0 unspecified atom stereocenters. The van der Waals surface area contributed by atoms with Crippen LogP contribution in [0.2, 0.25) is 10.0 Å². The molecule has 0 fully saturated rings. The highest BCUT2D eigenvalue weighted by Gasteiger charge is 2.16. The first-order valence-electron chi connectivity index (χ1n) is 7.78. The van der Waals surface area contributed by atoms with Gasteiger partial charge in [0.1, 0.15) is 5.75 Å². The average Bonchev–Trinajstić information content (AvgIpc) is 2.60. The topological polar surface area (TPSA) is 93.7 Å². The molecule has 0 aliphatic heterocycles. The Balaban J connectivity index is 1.96. The van der Waals surface area contributed by atoms with E-state index in [0.717, 1.165) is 0 Å². The molecule has 2 N–H and O–H groups in total. The number of halogens is 2. The molecule has 2 aromatic rings. The minimum atomic E-state index is -3.71. The largest absolute Gasteiger partial charge is 0.482 e. The van der Waals surface area contributed by atoms with Crippen molar-refractivity contribution in [2.75, 3.05) is 32.2 Å². The number of hydrogen-bond acceptors (Lipinski definition) is 5. The molecule has 0 bridgehead atoms. The highest BCUT2D eigenvalue weighted by molar-refractivity contribution is 7.89. The molecule has 0 aliphatic carbocycles. The van der Waals surface area contributed by atoms with E-state index in [9.17, 15) is 13.2 Å². The molecule has 0 spiro atoms. The fourth-order valence-corrected chi connectivity index (χ4v) is 3.56. The molecule has 2 aromatic carbocycles. The monoisotopic (exact) mass is 432 g/mol. The van der Waals surface area contributed by atoms with E-state index in [1.165, 1.54) is 25.3 Å². The van der Waals surface area contributed by atoms with Crippen molar-refractivity contribution < 1.29 is 22.7 Å². The molecule has 1 amide bonds. The minimum absolute atomic E-state index is 0.0145. The van der Waals surface area contributed by atoms with Gasteiger partial charge in [-0.1, -0.05) is 29.3 Å². The number of benzene rings is 2. The predicted molar refractivity (Wildman–Crippen MR) is 104 cm³/mol. The summed E-state index contributed by atoms with van der Waals surface area (Å²) in [6, 6.07) is 10.7. The van der Waals surface area contributed by atoms with E-state index >= 15 is 0 Å². The molecule has 7 nitrogen and oxygen atoms in total. The fraction of sp³-hybridized carbons (Fsp3) is 0.235. The maximum Gasteiger partial charge on any atom is 0.262 e. The summed E-state index contributed by atoms with van der Waals surface area (Å²) in [6.45, 7) is 0.0820. The van der Waals surface area contributed by atoms with Crippen LogP contribution in [0.3, 0.4) is 0 Å². The number of carbonyl (C=O) groups excluding carboxylic acids is 1. The number of ether oxygens (including phenoxy) is 2. The standard InChI is InChI=1S/C17H18Cl2N2O5S/c1-25-8-7-20-27(23,24)14-5-6-16(15(19)10-14)26-11-17(22)21-13-4-2-3-12(18)9-13/h2-6,9-10,20H,7-8,11H2,1H3,(H,21,22). The molecule has 0 heterocycles. The Kier molecular flexibility index (Phi) is 7.88. The zero-order chi connectivity index (χ0) is 19.9. The van der Waals surface area contributed by atoms with E-state index in [2.05, 4.69) is 10.0 Å². The molecule has 0 atom stereocenters. The molecule has 10 heteroatoms. The third kappa shape index (κ3) is 6.67. The van der Waals surface area contributed by atoms with Gasteiger partial charge in [-0.15, -0.1) is 0 Å². The minimum Gasteiger partial charge on any atom is -0.482 e. The first-order chi connectivity index (χ1) is 12.8. The third-order valence-electron chi connectivity index (χ3n) is 3.28. The SMILES string of the molecule is COCCNS(=O)(=O)c1ccc(OCC(=O)Nc2cccc(Cl)c2)c(Cl)c1. The molecular weight excluding hydrogens is 415 g/mol. The second-order valence-electron chi connectivity index (χ2n) is 5.33. The van der Waals surface area contributed by atoms with Gasteiger partial charge in [0.05, 0.1) is 16.5 Å². The fourth-order valence-electron chi connectivity index (χ4n) is 2.03. The maximum absolute atomic E-state index is 12.1. The van der Waals surface area contributed by atoms with Gasteiger partial charge in [-0.3, -0.25) is 4.79 Å².